The van der Waals surface area contributed by atoms with Gasteiger partial charge in [0.2, 0.25) is 0 Å². The van der Waals surface area contributed by atoms with Crippen LogP contribution < -0.4 is 0 Å². The Labute approximate surface area is 153 Å². The molecule has 5 heteroatoms. The third-order valence-corrected chi connectivity index (χ3v) is 5.02. The number of hydrogen-bond donors (Lipinski definition) is 1. The van der Waals surface area contributed by atoms with Gasteiger partial charge < -0.3 is 14.4 Å². The van der Waals surface area contributed by atoms with Crippen LogP contribution in [0.5, 0.6) is 0 Å². The zero-order chi connectivity index (χ0) is 18.7. The van der Waals surface area contributed by atoms with Crippen LogP contribution in [0.1, 0.15) is 64.5 Å². The first-order valence-electron chi connectivity index (χ1n) is 9.13. The predicted molar refractivity (Wildman–Crippen MR) is 98.2 cm³/mol. The van der Waals surface area contributed by atoms with Crippen molar-refractivity contribution in [2.75, 3.05) is 6.54 Å². The van der Waals surface area contributed by atoms with Gasteiger partial charge in [0.15, 0.2) is 0 Å². The molecule has 0 spiro atoms. The molecule has 0 saturated carbocycles. The van der Waals surface area contributed by atoms with Crippen molar-refractivity contribution in [2.24, 2.45) is 0 Å². The highest BCUT2D eigenvalue weighted by molar-refractivity contribution is 5.97. The van der Waals surface area contributed by atoms with Crippen LogP contribution in [0.3, 0.4) is 0 Å². The van der Waals surface area contributed by atoms with Crippen molar-refractivity contribution in [1.82, 2.24) is 4.90 Å². The summed E-state index contributed by atoms with van der Waals surface area (Å²) in [7, 11) is 0. The number of carbonyl (C=O) groups excluding carboxylic acids is 1. The van der Waals surface area contributed by atoms with Crippen LogP contribution in [-0.4, -0.2) is 28.4 Å². The maximum Gasteiger partial charge on any atom is 0.311 e. The molecular weight excluding hydrogens is 330 g/mol. The van der Waals surface area contributed by atoms with E-state index in [1.807, 2.05) is 11.0 Å². The average Bonchev–Trinajstić information content (AvgIpc) is 2.81. The van der Waals surface area contributed by atoms with Gasteiger partial charge in [0, 0.05) is 12.1 Å². The second-order valence-electron chi connectivity index (χ2n) is 7.07. The summed E-state index contributed by atoms with van der Waals surface area (Å²) >= 11 is 0. The molecule has 1 atom stereocenters. The monoisotopic (exact) mass is 355 g/mol. The van der Waals surface area contributed by atoms with Gasteiger partial charge in [0.25, 0.3) is 5.91 Å². The van der Waals surface area contributed by atoms with Gasteiger partial charge in [-0.25, -0.2) is 0 Å². The van der Waals surface area contributed by atoms with Crippen molar-refractivity contribution in [2.45, 2.75) is 52.0 Å². The number of aryl methyl sites for hydroxylation is 2. The molecule has 1 N–H and O–H groups in total. The molecule has 1 aromatic carbocycles. The fraction of sp³-hybridized carbons (Fsp3) is 0.429. The Hall–Kier alpha value is -2.56. The largest absolute Gasteiger partial charge is 0.481 e. The number of carboxylic acids is 1. The van der Waals surface area contributed by atoms with Crippen molar-refractivity contribution in [1.29, 1.82) is 0 Å². The summed E-state index contributed by atoms with van der Waals surface area (Å²) in [5.41, 5.74) is 3.41. The first-order chi connectivity index (χ1) is 12.5. The van der Waals surface area contributed by atoms with Crippen molar-refractivity contribution >= 4 is 11.9 Å². The van der Waals surface area contributed by atoms with Crippen LogP contribution in [-0.2, 0) is 11.2 Å². The van der Waals surface area contributed by atoms with Gasteiger partial charge in [-0.1, -0.05) is 42.7 Å². The Morgan fingerprint density at radius 1 is 1.23 bits per heavy atom. The molecule has 2 heterocycles. The second-order valence-corrected chi connectivity index (χ2v) is 7.07. The molecule has 1 amide bonds. The maximum absolute atomic E-state index is 13.4. The van der Waals surface area contributed by atoms with Crippen molar-refractivity contribution in [3.8, 4) is 0 Å². The molecule has 1 aliphatic rings. The molecule has 1 unspecified atom stereocenters. The van der Waals surface area contributed by atoms with Crippen LogP contribution in [0.4, 0.5) is 0 Å². The van der Waals surface area contributed by atoms with Crippen molar-refractivity contribution in [3.05, 3.63) is 58.5 Å². The minimum absolute atomic E-state index is 0.0110. The van der Waals surface area contributed by atoms with Gasteiger partial charge >= 0.3 is 5.97 Å². The van der Waals surface area contributed by atoms with Gasteiger partial charge in [-0.15, -0.1) is 0 Å². The third kappa shape index (κ3) is 3.82. The molecule has 2 aromatic rings. The lowest BCUT2D eigenvalue weighted by molar-refractivity contribution is -0.136. The third-order valence-electron chi connectivity index (χ3n) is 5.02. The van der Waals surface area contributed by atoms with Gasteiger partial charge in [-0.3, -0.25) is 9.59 Å². The van der Waals surface area contributed by atoms with E-state index >= 15 is 0 Å². The van der Waals surface area contributed by atoms with Gasteiger partial charge in [-0.05, 0) is 32.3 Å². The minimum atomic E-state index is -1.00. The number of likely N-dealkylation sites (tertiary alicyclic amines) is 1. The smallest absolute Gasteiger partial charge is 0.311 e. The SMILES string of the molecule is Cc1cccc(C2CCCCCN2C(=O)c2c(C)coc2CC(=O)O)c1. The summed E-state index contributed by atoms with van der Waals surface area (Å²) in [4.78, 5) is 26.4. The Kier molecular flexibility index (Phi) is 5.45. The lowest BCUT2D eigenvalue weighted by Gasteiger charge is -2.31. The maximum atomic E-state index is 13.4. The normalized spacial score (nSPS) is 17.8. The van der Waals surface area contributed by atoms with E-state index in [-0.39, 0.29) is 24.1 Å². The van der Waals surface area contributed by atoms with Gasteiger partial charge in [0.1, 0.15) is 12.2 Å². The molecular formula is C21H25NO4. The summed E-state index contributed by atoms with van der Waals surface area (Å²) in [6, 6.07) is 8.30. The first-order valence-corrected chi connectivity index (χ1v) is 9.13. The molecule has 0 radical (unpaired) electrons. The number of carbonyl (C=O) groups is 2. The summed E-state index contributed by atoms with van der Waals surface area (Å²) in [6.07, 6.45) is 5.25. The van der Waals surface area contributed by atoms with E-state index in [1.165, 1.54) is 11.8 Å². The highest BCUT2D eigenvalue weighted by Gasteiger charge is 2.31. The van der Waals surface area contributed by atoms with E-state index in [0.717, 1.165) is 31.2 Å². The fourth-order valence-electron chi connectivity index (χ4n) is 3.77. The van der Waals surface area contributed by atoms with Crippen LogP contribution in [0, 0.1) is 13.8 Å². The van der Waals surface area contributed by atoms with Crippen LogP contribution in [0.2, 0.25) is 0 Å². The molecule has 138 valence electrons. The summed E-state index contributed by atoms with van der Waals surface area (Å²) in [5, 5.41) is 9.11. The molecule has 1 fully saturated rings. The Morgan fingerprint density at radius 2 is 2.04 bits per heavy atom. The van der Waals surface area contributed by atoms with E-state index in [2.05, 4.69) is 25.1 Å². The van der Waals surface area contributed by atoms with Gasteiger partial charge in [0.05, 0.1) is 17.9 Å². The number of aliphatic carboxylic acids is 1. The standard InChI is InChI=1S/C21H25NO4/c1-14-7-6-8-16(11-14)17-9-4-3-5-10-22(17)21(25)20-15(2)13-26-18(20)12-19(23)24/h6-8,11,13,17H,3-5,9-10,12H2,1-2H3,(H,23,24). The van der Waals surface area contributed by atoms with Crippen molar-refractivity contribution in [3.63, 3.8) is 0 Å². The minimum Gasteiger partial charge on any atom is -0.481 e. The number of nitrogens with zero attached hydrogens (tertiary/aromatic N) is 1. The van der Waals surface area contributed by atoms with E-state index in [0.29, 0.717) is 17.7 Å². The highest BCUT2D eigenvalue weighted by Crippen LogP contribution is 2.33. The van der Waals surface area contributed by atoms with E-state index < -0.39 is 5.97 Å². The van der Waals surface area contributed by atoms with Crippen LogP contribution in [0.15, 0.2) is 34.9 Å². The fourth-order valence-corrected chi connectivity index (χ4v) is 3.77. The molecule has 26 heavy (non-hydrogen) atoms. The predicted octanol–water partition coefficient (Wildman–Crippen LogP) is 4.28. The molecule has 0 bridgehead atoms. The van der Waals surface area contributed by atoms with Crippen LogP contribution in [0.25, 0.3) is 0 Å². The number of carboxylic acid groups (broad SMARTS) is 1. The van der Waals surface area contributed by atoms with Crippen LogP contribution >= 0.6 is 0 Å². The molecule has 0 aliphatic carbocycles. The summed E-state index contributed by atoms with van der Waals surface area (Å²) in [5.74, 6) is -0.882. The van der Waals surface area contributed by atoms with E-state index in [9.17, 15) is 9.59 Å². The lowest BCUT2D eigenvalue weighted by Crippen LogP contribution is -2.35. The van der Waals surface area contributed by atoms with E-state index in [1.54, 1.807) is 6.92 Å². The highest BCUT2D eigenvalue weighted by atomic mass is 16.4. The summed E-state index contributed by atoms with van der Waals surface area (Å²) < 4.78 is 5.38. The number of amides is 1. The first kappa shape index (κ1) is 18.2. The Bertz CT molecular complexity index is 808. The molecule has 1 aromatic heterocycles. The Balaban J connectivity index is 1.97. The number of benzene rings is 1. The average molecular weight is 355 g/mol. The lowest BCUT2D eigenvalue weighted by atomic mass is 9.98. The Morgan fingerprint density at radius 3 is 2.77 bits per heavy atom. The number of hydrogen-bond acceptors (Lipinski definition) is 3. The molecule has 1 aliphatic heterocycles. The molecule has 3 rings (SSSR count). The number of furan rings is 1. The van der Waals surface area contributed by atoms with Gasteiger partial charge in [-0.2, -0.15) is 0 Å². The topological polar surface area (TPSA) is 70.8 Å². The van der Waals surface area contributed by atoms with E-state index in [4.69, 9.17) is 9.52 Å². The quantitative estimate of drug-likeness (QED) is 0.888. The number of rotatable bonds is 4. The zero-order valence-electron chi connectivity index (χ0n) is 15.3. The zero-order valence-corrected chi connectivity index (χ0v) is 15.3. The second kappa shape index (κ2) is 7.77. The summed E-state index contributed by atoms with van der Waals surface area (Å²) in [6.45, 7) is 4.52. The molecule has 5 nitrogen and oxygen atoms in total. The molecule has 1 saturated heterocycles. The van der Waals surface area contributed by atoms with Crippen molar-refractivity contribution < 1.29 is 19.1 Å².